The highest BCUT2D eigenvalue weighted by Gasteiger charge is 2.33. The molecule has 1 amide bonds. The van der Waals surface area contributed by atoms with Crippen molar-refractivity contribution in [3.8, 4) is 0 Å². The fourth-order valence-electron chi connectivity index (χ4n) is 2.95. The molecule has 1 atom stereocenters. The van der Waals surface area contributed by atoms with E-state index in [1.165, 1.54) is 15.6 Å². The van der Waals surface area contributed by atoms with Crippen molar-refractivity contribution in [1.29, 1.82) is 0 Å². The van der Waals surface area contributed by atoms with Crippen molar-refractivity contribution in [1.82, 2.24) is 14.5 Å². The van der Waals surface area contributed by atoms with Gasteiger partial charge >= 0.3 is 0 Å². The van der Waals surface area contributed by atoms with E-state index < -0.39 is 15.9 Å². The monoisotopic (exact) mass is 440 g/mol. The summed E-state index contributed by atoms with van der Waals surface area (Å²) in [4.78, 5) is 12.9. The molecule has 0 radical (unpaired) electrons. The molecule has 152 valence electrons. The highest BCUT2D eigenvalue weighted by molar-refractivity contribution is 8.01. The number of rotatable bonds is 6. The van der Waals surface area contributed by atoms with Gasteiger partial charge in [-0.25, -0.2) is 8.42 Å². The van der Waals surface area contributed by atoms with Crippen molar-refractivity contribution in [2.75, 3.05) is 18.4 Å². The maximum absolute atomic E-state index is 12.9. The third-order valence-electron chi connectivity index (χ3n) is 4.39. The van der Waals surface area contributed by atoms with Crippen molar-refractivity contribution < 1.29 is 13.2 Å². The Labute approximate surface area is 174 Å². The van der Waals surface area contributed by atoms with Gasteiger partial charge in [-0.2, -0.15) is 4.31 Å². The van der Waals surface area contributed by atoms with E-state index in [1.54, 1.807) is 36.0 Å². The molecule has 0 saturated carbocycles. The number of amides is 1. The molecule has 1 aliphatic heterocycles. The van der Waals surface area contributed by atoms with Crippen LogP contribution in [-0.2, 0) is 14.8 Å². The number of aryl methyl sites for hydroxylation is 1. The van der Waals surface area contributed by atoms with Crippen LogP contribution < -0.4 is 5.32 Å². The standard InChI is InChI=1S/C18H24N4O3S3/c1-12(2)26-18-21-20-17(27-18)19-16(23)14-5-4-10-22(11-14)28(24,25)15-8-6-13(3)7-9-15/h6-9,12,14H,4-5,10-11H2,1-3H3,(H,19,20,23)/t14-/m0/s1. The van der Waals surface area contributed by atoms with Crippen molar-refractivity contribution in [3.63, 3.8) is 0 Å². The maximum atomic E-state index is 12.9. The number of hydrogen-bond acceptors (Lipinski definition) is 7. The van der Waals surface area contributed by atoms with Crippen LogP contribution in [-0.4, -0.2) is 47.2 Å². The number of nitrogens with one attached hydrogen (secondary N) is 1. The SMILES string of the molecule is Cc1ccc(S(=O)(=O)N2CCC[C@H](C(=O)Nc3nnc(SC(C)C)s3)C2)cc1. The van der Waals surface area contributed by atoms with Crippen LogP contribution in [0, 0.1) is 12.8 Å². The fraction of sp³-hybridized carbons (Fsp3) is 0.500. The van der Waals surface area contributed by atoms with Gasteiger partial charge in [0, 0.05) is 18.3 Å². The molecule has 1 aliphatic rings. The number of hydrogen-bond donors (Lipinski definition) is 1. The van der Waals surface area contributed by atoms with Gasteiger partial charge in [0.05, 0.1) is 10.8 Å². The van der Waals surface area contributed by atoms with Crippen LogP contribution in [0.4, 0.5) is 5.13 Å². The van der Waals surface area contributed by atoms with Crippen LogP contribution in [0.25, 0.3) is 0 Å². The number of benzene rings is 1. The molecule has 1 aromatic carbocycles. The Balaban J connectivity index is 1.66. The first kappa shape index (κ1) is 21.2. The summed E-state index contributed by atoms with van der Waals surface area (Å²) < 4.78 is 28.0. The number of sulfonamides is 1. The molecule has 2 aromatic rings. The number of anilines is 1. The summed E-state index contributed by atoms with van der Waals surface area (Å²) in [6, 6.07) is 6.79. The number of nitrogens with zero attached hydrogens (tertiary/aromatic N) is 3. The van der Waals surface area contributed by atoms with Gasteiger partial charge in [0.25, 0.3) is 0 Å². The third-order valence-corrected chi connectivity index (χ3v) is 8.19. The predicted molar refractivity (Wildman–Crippen MR) is 112 cm³/mol. The fourth-order valence-corrected chi connectivity index (χ4v) is 6.45. The summed E-state index contributed by atoms with van der Waals surface area (Å²) in [6.45, 7) is 6.64. The van der Waals surface area contributed by atoms with E-state index >= 15 is 0 Å². The van der Waals surface area contributed by atoms with Crippen molar-refractivity contribution in [2.45, 2.75) is 48.1 Å². The number of thioether (sulfide) groups is 1. The smallest absolute Gasteiger partial charge is 0.243 e. The molecule has 1 aromatic heterocycles. The highest BCUT2D eigenvalue weighted by Crippen LogP contribution is 2.30. The number of carbonyl (C=O) groups is 1. The summed E-state index contributed by atoms with van der Waals surface area (Å²) >= 11 is 2.93. The zero-order valence-electron chi connectivity index (χ0n) is 16.1. The van der Waals surface area contributed by atoms with Crippen LogP contribution >= 0.6 is 23.1 Å². The first-order chi connectivity index (χ1) is 13.3. The van der Waals surface area contributed by atoms with Gasteiger partial charge in [0.15, 0.2) is 4.34 Å². The molecule has 0 spiro atoms. The third kappa shape index (κ3) is 5.11. The van der Waals surface area contributed by atoms with E-state index in [9.17, 15) is 13.2 Å². The first-order valence-corrected chi connectivity index (χ1v) is 12.3. The Bertz CT molecular complexity index is 926. The van der Waals surface area contributed by atoms with Crippen LogP contribution in [0.3, 0.4) is 0 Å². The van der Waals surface area contributed by atoms with E-state index in [1.807, 2.05) is 6.92 Å². The number of piperidine rings is 1. The van der Waals surface area contributed by atoms with Crippen molar-refractivity contribution >= 4 is 44.2 Å². The molecular formula is C18H24N4O3S3. The second-order valence-electron chi connectivity index (χ2n) is 7.04. The molecule has 3 rings (SSSR count). The zero-order chi connectivity index (χ0) is 20.3. The minimum Gasteiger partial charge on any atom is -0.300 e. The van der Waals surface area contributed by atoms with Gasteiger partial charge in [-0.3, -0.25) is 4.79 Å². The molecule has 0 unspecified atom stereocenters. The Hall–Kier alpha value is -1.49. The molecule has 28 heavy (non-hydrogen) atoms. The lowest BCUT2D eigenvalue weighted by Crippen LogP contribution is -2.43. The summed E-state index contributed by atoms with van der Waals surface area (Å²) in [7, 11) is -3.60. The molecular weight excluding hydrogens is 416 g/mol. The highest BCUT2D eigenvalue weighted by atomic mass is 32.2. The average Bonchev–Trinajstić information content (AvgIpc) is 3.08. The predicted octanol–water partition coefficient (Wildman–Crippen LogP) is 3.39. The van der Waals surface area contributed by atoms with E-state index in [0.717, 1.165) is 9.90 Å². The summed E-state index contributed by atoms with van der Waals surface area (Å²) in [5, 5.41) is 11.7. The minimum absolute atomic E-state index is 0.175. The molecule has 1 saturated heterocycles. The molecule has 2 heterocycles. The van der Waals surface area contributed by atoms with Crippen LogP contribution in [0.1, 0.15) is 32.3 Å². The Morgan fingerprint density at radius 2 is 2.00 bits per heavy atom. The van der Waals surface area contributed by atoms with Crippen molar-refractivity contribution in [3.05, 3.63) is 29.8 Å². The normalized spacial score (nSPS) is 18.4. The average molecular weight is 441 g/mol. The lowest BCUT2D eigenvalue weighted by Gasteiger charge is -2.31. The van der Waals surface area contributed by atoms with Gasteiger partial charge in [-0.15, -0.1) is 10.2 Å². The van der Waals surface area contributed by atoms with Crippen LogP contribution in [0.2, 0.25) is 0 Å². The molecule has 0 aliphatic carbocycles. The van der Waals surface area contributed by atoms with Crippen LogP contribution in [0.15, 0.2) is 33.5 Å². The van der Waals surface area contributed by atoms with Crippen molar-refractivity contribution in [2.24, 2.45) is 5.92 Å². The largest absolute Gasteiger partial charge is 0.300 e. The molecule has 1 N–H and O–H groups in total. The van der Waals surface area contributed by atoms with E-state index in [4.69, 9.17) is 0 Å². The summed E-state index contributed by atoms with van der Waals surface area (Å²) in [5.41, 5.74) is 1.00. The van der Waals surface area contributed by atoms with Gasteiger partial charge in [0.1, 0.15) is 0 Å². The van der Waals surface area contributed by atoms with Gasteiger partial charge in [0.2, 0.25) is 21.1 Å². The van der Waals surface area contributed by atoms with E-state index in [2.05, 4.69) is 29.4 Å². The molecule has 0 bridgehead atoms. The first-order valence-electron chi connectivity index (χ1n) is 9.13. The molecule has 1 fully saturated rings. The van der Waals surface area contributed by atoms with Crippen LogP contribution in [0.5, 0.6) is 0 Å². The second-order valence-corrected chi connectivity index (χ2v) is 11.8. The zero-order valence-corrected chi connectivity index (χ0v) is 18.5. The molecule has 7 nitrogen and oxygen atoms in total. The number of carbonyl (C=O) groups excluding carboxylic acids is 1. The van der Waals surface area contributed by atoms with E-state index in [-0.39, 0.29) is 17.3 Å². The van der Waals surface area contributed by atoms with E-state index in [0.29, 0.717) is 29.8 Å². The maximum Gasteiger partial charge on any atom is 0.243 e. The minimum atomic E-state index is -3.60. The lowest BCUT2D eigenvalue weighted by molar-refractivity contribution is -0.120. The number of aromatic nitrogens is 2. The van der Waals surface area contributed by atoms with Gasteiger partial charge in [-0.05, 0) is 31.9 Å². The molecule has 10 heteroatoms. The Kier molecular flexibility index (Phi) is 6.74. The quantitative estimate of drug-likeness (QED) is 0.547. The van der Waals surface area contributed by atoms with Gasteiger partial charge in [-0.1, -0.05) is 54.6 Å². The Morgan fingerprint density at radius 1 is 1.29 bits per heavy atom. The summed E-state index contributed by atoms with van der Waals surface area (Å²) in [5.74, 6) is -0.611. The lowest BCUT2D eigenvalue weighted by atomic mass is 9.99. The second kappa shape index (κ2) is 8.89. The summed E-state index contributed by atoms with van der Waals surface area (Å²) in [6.07, 6.45) is 1.30. The Morgan fingerprint density at radius 3 is 2.68 bits per heavy atom. The topological polar surface area (TPSA) is 92.3 Å². The van der Waals surface area contributed by atoms with Gasteiger partial charge < -0.3 is 5.32 Å².